The van der Waals surface area contributed by atoms with Gasteiger partial charge in [0.25, 0.3) is 0 Å². The van der Waals surface area contributed by atoms with Crippen molar-refractivity contribution < 1.29 is 4.79 Å². The molecule has 20 heavy (non-hydrogen) atoms. The second-order valence-electron chi connectivity index (χ2n) is 4.93. The van der Waals surface area contributed by atoms with E-state index in [2.05, 4.69) is 11.1 Å². The molecule has 1 aromatic carbocycles. The van der Waals surface area contributed by atoms with Crippen molar-refractivity contribution in [2.75, 3.05) is 18.8 Å². The third kappa shape index (κ3) is 1.97. The third-order valence-corrected chi connectivity index (χ3v) is 3.68. The number of aromatic nitrogens is 2. The lowest BCUT2D eigenvalue weighted by atomic mass is 10.2. The highest BCUT2D eigenvalue weighted by Gasteiger charge is 2.20. The molecule has 0 saturated carbocycles. The van der Waals surface area contributed by atoms with Gasteiger partial charge in [-0.25, -0.2) is 4.98 Å². The lowest BCUT2D eigenvalue weighted by Gasteiger charge is -2.16. The molecule has 2 aromatic rings. The second-order valence-corrected chi connectivity index (χ2v) is 4.93. The number of hydrogen-bond donors (Lipinski definition) is 1. The monoisotopic (exact) mass is 269 g/mol. The van der Waals surface area contributed by atoms with Gasteiger partial charge in [0.1, 0.15) is 18.1 Å². The van der Waals surface area contributed by atoms with Crippen LogP contribution < -0.4 is 5.73 Å². The van der Waals surface area contributed by atoms with Crippen molar-refractivity contribution in [3.8, 4) is 6.07 Å². The summed E-state index contributed by atoms with van der Waals surface area (Å²) < 4.78 is 1.68. The summed E-state index contributed by atoms with van der Waals surface area (Å²) in [5, 5.41) is 9.08. The molecule has 0 aliphatic carbocycles. The number of rotatable bonds is 2. The third-order valence-electron chi connectivity index (χ3n) is 3.68. The summed E-state index contributed by atoms with van der Waals surface area (Å²) >= 11 is 0. The fourth-order valence-electron chi connectivity index (χ4n) is 2.62. The van der Waals surface area contributed by atoms with Gasteiger partial charge in [-0.3, -0.25) is 4.79 Å². The van der Waals surface area contributed by atoms with E-state index in [4.69, 9.17) is 11.0 Å². The van der Waals surface area contributed by atoms with Gasteiger partial charge in [0.2, 0.25) is 11.9 Å². The zero-order valence-electron chi connectivity index (χ0n) is 11.0. The summed E-state index contributed by atoms with van der Waals surface area (Å²) in [5.74, 6) is 0.325. The summed E-state index contributed by atoms with van der Waals surface area (Å²) in [6.45, 7) is 1.81. The predicted molar refractivity (Wildman–Crippen MR) is 74.7 cm³/mol. The zero-order valence-corrected chi connectivity index (χ0v) is 11.0. The van der Waals surface area contributed by atoms with E-state index in [1.807, 2.05) is 11.0 Å². The van der Waals surface area contributed by atoms with Gasteiger partial charge in [-0.15, -0.1) is 0 Å². The molecule has 6 nitrogen and oxygen atoms in total. The molecule has 0 radical (unpaired) electrons. The summed E-state index contributed by atoms with van der Waals surface area (Å²) in [5.41, 5.74) is 7.66. The molecule has 0 bridgehead atoms. The number of para-hydroxylation sites is 1. The number of nitrogens with zero attached hydrogens (tertiary/aromatic N) is 4. The molecule has 0 atom stereocenters. The molecule has 1 amide bonds. The number of nitrogens with two attached hydrogens (primary N) is 1. The molecule has 1 saturated heterocycles. The summed E-state index contributed by atoms with van der Waals surface area (Å²) in [6.07, 6.45) is 2.12. The molecular weight excluding hydrogens is 254 g/mol. The number of nitrogen functional groups attached to an aromatic ring is 1. The van der Waals surface area contributed by atoms with E-state index >= 15 is 0 Å². The minimum atomic E-state index is 0.0517. The maximum Gasteiger partial charge on any atom is 0.242 e. The van der Waals surface area contributed by atoms with Crippen LogP contribution in [-0.4, -0.2) is 33.4 Å². The minimum absolute atomic E-state index is 0.0517. The van der Waals surface area contributed by atoms with Crippen LogP contribution in [0.5, 0.6) is 0 Å². The number of nitriles is 1. The van der Waals surface area contributed by atoms with Crippen molar-refractivity contribution in [2.45, 2.75) is 19.4 Å². The SMILES string of the molecule is N#Cc1cccc2c1nc(N)n2CC(=O)N1CCCC1. The minimum Gasteiger partial charge on any atom is -0.369 e. The number of amides is 1. The van der Waals surface area contributed by atoms with Crippen LogP contribution in [0.4, 0.5) is 5.95 Å². The molecule has 2 N–H and O–H groups in total. The Morgan fingerprint density at radius 3 is 2.85 bits per heavy atom. The Hall–Kier alpha value is -2.55. The van der Waals surface area contributed by atoms with Crippen LogP contribution in [0.1, 0.15) is 18.4 Å². The normalized spacial score (nSPS) is 14.7. The number of carbonyl (C=O) groups is 1. The van der Waals surface area contributed by atoms with Gasteiger partial charge in [-0.1, -0.05) is 6.07 Å². The summed E-state index contributed by atoms with van der Waals surface area (Å²) in [4.78, 5) is 18.3. The Balaban J connectivity index is 1.97. The maximum atomic E-state index is 12.2. The van der Waals surface area contributed by atoms with Gasteiger partial charge < -0.3 is 15.2 Å². The first-order valence-corrected chi connectivity index (χ1v) is 6.63. The second kappa shape index (κ2) is 4.85. The molecule has 102 valence electrons. The first kappa shape index (κ1) is 12.5. The van der Waals surface area contributed by atoms with E-state index < -0.39 is 0 Å². The van der Waals surface area contributed by atoms with Crippen molar-refractivity contribution in [2.24, 2.45) is 0 Å². The highest BCUT2D eigenvalue weighted by molar-refractivity contribution is 5.86. The number of likely N-dealkylation sites (tertiary alicyclic amines) is 1. The van der Waals surface area contributed by atoms with Crippen LogP contribution in [0, 0.1) is 11.3 Å². The standard InChI is InChI=1S/C14H15N5O/c15-8-10-4-3-5-11-13(10)17-14(16)19(11)9-12(20)18-6-1-2-7-18/h3-5H,1-2,6-7,9H2,(H2,16,17). The fraction of sp³-hybridized carbons (Fsp3) is 0.357. The summed E-state index contributed by atoms with van der Waals surface area (Å²) in [7, 11) is 0. The van der Waals surface area contributed by atoms with Crippen LogP contribution in [0.25, 0.3) is 11.0 Å². The Labute approximate surface area is 116 Å². The number of hydrogen-bond acceptors (Lipinski definition) is 4. The number of fused-ring (bicyclic) bond motifs is 1. The number of imidazole rings is 1. The van der Waals surface area contributed by atoms with Crippen molar-refractivity contribution in [3.63, 3.8) is 0 Å². The molecule has 3 rings (SSSR count). The van der Waals surface area contributed by atoms with Crippen LogP contribution in [-0.2, 0) is 11.3 Å². The highest BCUT2D eigenvalue weighted by atomic mass is 16.2. The van der Waals surface area contributed by atoms with Crippen LogP contribution in [0.15, 0.2) is 18.2 Å². The average molecular weight is 269 g/mol. The number of benzene rings is 1. The van der Waals surface area contributed by atoms with Crippen LogP contribution in [0.3, 0.4) is 0 Å². The Bertz CT molecular complexity index is 706. The van der Waals surface area contributed by atoms with Crippen LogP contribution in [0.2, 0.25) is 0 Å². The molecule has 1 aliphatic heterocycles. The summed E-state index contributed by atoms with van der Waals surface area (Å²) in [6, 6.07) is 7.39. The zero-order chi connectivity index (χ0) is 14.1. The Kier molecular flexibility index (Phi) is 3.03. The van der Waals surface area contributed by atoms with E-state index in [9.17, 15) is 4.79 Å². The smallest absolute Gasteiger partial charge is 0.242 e. The topological polar surface area (TPSA) is 87.9 Å². The largest absolute Gasteiger partial charge is 0.369 e. The molecule has 2 heterocycles. The van der Waals surface area contributed by atoms with Crippen molar-refractivity contribution in [3.05, 3.63) is 23.8 Å². The van der Waals surface area contributed by atoms with E-state index in [1.54, 1.807) is 16.7 Å². The van der Waals surface area contributed by atoms with Gasteiger partial charge in [-0.05, 0) is 25.0 Å². The van der Waals surface area contributed by atoms with Gasteiger partial charge in [0.15, 0.2) is 0 Å². The molecule has 0 spiro atoms. The first-order valence-electron chi connectivity index (χ1n) is 6.63. The quantitative estimate of drug-likeness (QED) is 0.884. The van der Waals surface area contributed by atoms with E-state index in [1.165, 1.54) is 0 Å². The Morgan fingerprint density at radius 1 is 1.40 bits per heavy atom. The average Bonchev–Trinajstić information content (AvgIpc) is 3.07. The molecular formula is C14H15N5O. The predicted octanol–water partition coefficient (Wildman–Crippen LogP) is 1.11. The molecule has 1 aromatic heterocycles. The molecule has 1 aliphatic rings. The lowest BCUT2D eigenvalue weighted by molar-refractivity contribution is -0.130. The van der Waals surface area contributed by atoms with Crippen molar-refractivity contribution >= 4 is 22.9 Å². The van der Waals surface area contributed by atoms with E-state index in [-0.39, 0.29) is 18.4 Å². The van der Waals surface area contributed by atoms with Gasteiger partial charge in [0.05, 0.1) is 11.1 Å². The van der Waals surface area contributed by atoms with Crippen LogP contribution >= 0.6 is 0 Å². The van der Waals surface area contributed by atoms with Gasteiger partial charge >= 0.3 is 0 Å². The maximum absolute atomic E-state index is 12.2. The van der Waals surface area contributed by atoms with E-state index in [0.717, 1.165) is 31.4 Å². The molecule has 6 heteroatoms. The Morgan fingerprint density at radius 2 is 2.15 bits per heavy atom. The highest BCUT2D eigenvalue weighted by Crippen LogP contribution is 2.21. The van der Waals surface area contributed by atoms with Crippen molar-refractivity contribution in [1.82, 2.24) is 14.5 Å². The molecule has 1 fully saturated rings. The van der Waals surface area contributed by atoms with Crippen molar-refractivity contribution in [1.29, 1.82) is 5.26 Å². The fourth-order valence-corrected chi connectivity index (χ4v) is 2.62. The lowest BCUT2D eigenvalue weighted by Crippen LogP contribution is -2.31. The molecule has 0 unspecified atom stereocenters. The van der Waals surface area contributed by atoms with E-state index in [0.29, 0.717) is 11.1 Å². The first-order chi connectivity index (χ1) is 9.70. The number of carbonyl (C=O) groups excluding carboxylic acids is 1. The number of anilines is 1. The van der Waals surface area contributed by atoms with Gasteiger partial charge in [-0.2, -0.15) is 5.26 Å². The van der Waals surface area contributed by atoms with Gasteiger partial charge in [0, 0.05) is 13.1 Å².